The first kappa shape index (κ1) is 15.8. The van der Waals surface area contributed by atoms with Crippen molar-refractivity contribution in [2.45, 2.75) is 19.9 Å². The summed E-state index contributed by atoms with van der Waals surface area (Å²) in [5.41, 5.74) is 1.62. The lowest BCUT2D eigenvalue weighted by atomic mass is 10.3. The Morgan fingerprint density at radius 3 is 2.21 bits per heavy atom. The minimum atomic E-state index is -3.29. The summed E-state index contributed by atoms with van der Waals surface area (Å²) in [6.07, 6.45) is 0. The second-order valence-corrected chi connectivity index (χ2v) is 6.81. The van der Waals surface area contributed by atoms with Crippen LogP contribution in [0, 0.1) is 0 Å². The van der Waals surface area contributed by atoms with Gasteiger partial charge >= 0.3 is 0 Å². The van der Waals surface area contributed by atoms with Crippen molar-refractivity contribution in [3.05, 3.63) is 24.3 Å². The fraction of sp³-hybridized carbons (Fsp3) is 0.538. The van der Waals surface area contributed by atoms with Crippen LogP contribution < -0.4 is 14.9 Å². The maximum Gasteiger partial charge on any atom is 0.233 e. The number of anilines is 2. The van der Waals surface area contributed by atoms with Gasteiger partial charge in [-0.3, -0.25) is 4.72 Å². The van der Waals surface area contributed by atoms with E-state index in [9.17, 15) is 8.42 Å². The molecule has 0 bridgehead atoms. The Balaban J connectivity index is 2.57. The Hall–Kier alpha value is -1.27. The number of hydrogen-bond acceptors (Lipinski definition) is 4. The first-order chi connectivity index (χ1) is 8.80. The van der Waals surface area contributed by atoms with Crippen molar-refractivity contribution in [2.24, 2.45) is 0 Å². The molecule has 5 nitrogen and oxygen atoms in total. The predicted octanol–water partition coefficient (Wildman–Crippen LogP) is 1.49. The molecule has 0 atom stereocenters. The first-order valence-electron chi connectivity index (χ1n) is 6.31. The summed E-state index contributed by atoms with van der Waals surface area (Å²) in [7, 11) is 0.593. The van der Waals surface area contributed by atoms with E-state index in [4.69, 9.17) is 0 Å². The first-order valence-corrected chi connectivity index (χ1v) is 7.96. The number of benzene rings is 1. The average Bonchev–Trinajstić information content (AvgIpc) is 2.28. The largest absolute Gasteiger partial charge is 0.378 e. The normalized spacial score (nSPS) is 11.6. The van der Waals surface area contributed by atoms with E-state index in [2.05, 4.69) is 10.0 Å². The van der Waals surface area contributed by atoms with Gasteiger partial charge in [0.1, 0.15) is 0 Å². The van der Waals surface area contributed by atoms with Crippen molar-refractivity contribution in [1.29, 1.82) is 0 Å². The number of nitrogens with zero attached hydrogens (tertiary/aromatic N) is 1. The highest BCUT2D eigenvalue weighted by Gasteiger charge is 2.10. The molecule has 108 valence electrons. The van der Waals surface area contributed by atoms with Crippen LogP contribution in [0.3, 0.4) is 0 Å². The molecule has 19 heavy (non-hydrogen) atoms. The van der Waals surface area contributed by atoms with E-state index < -0.39 is 10.0 Å². The third-order valence-electron chi connectivity index (χ3n) is 2.58. The summed E-state index contributed by atoms with van der Waals surface area (Å²) in [4.78, 5) is 1.96. The zero-order valence-electron chi connectivity index (χ0n) is 12.0. The van der Waals surface area contributed by atoms with Crippen LogP contribution in [0.4, 0.5) is 11.4 Å². The molecule has 0 radical (unpaired) electrons. The van der Waals surface area contributed by atoms with Crippen molar-refractivity contribution in [3.63, 3.8) is 0 Å². The zero-order chi connectivity index (χ0) is 14.5. The van der Waals surface area contributed by atoms with E-state index in [0.717, 1.165) is 5.69 Å². The van der Waals surface area contributed by atoms with Gasteiger partial charge in [0, 0.05) is 38.1 Å². The van der Waals surface area contributed by atoms with Gasteiger partial charge in [-0.25, -0.2) is 8.42 Å². The quantitative estimate of drug-likeness (QED) is 0.797. The average molecular weight is 285 g/mol. The molecule has 0 heterocycles. The molecule has 1 aromatic carbocycles. The molecule has 0 saturated heterocycles. The fourth-order valence-electron chi connectivity index (χ4n) is 1.54. The molecular formula is C13H23N3O2S. The molecular weight excluding hydrogens is 262 g/mol. The third kappa shape index (κ3) is 5.94. The van der Waals surface area contributed by atoms with Crippen LogP contribution in [0.25, 0.3) is 0 Å². The molecule has 0 aliphatic carbocycles. The van der Waals surface area contributed by atoms with Crippen LogP contribution >= 0.6 is 0 Å². The van der Waals surface area contributed by atoms with E-state index in [1.165, 1.54) is 0 Å². The molecule has 0 unspecified atom stereocenters. The Kier molecular flexibility index (Phi) is 5.62. The molecule has 1 aromatic rings. The van der Waals surface area contributed by atoms with E-state index >= 15 is 0 Å². The molecule has 0 fully saturated rings. The lowest BCUT2D eigenvalue weighted by Gasteiger charge is -2.14. The second kappa shape index (κ2) is 6.77. The molecule has 0 aromatic heterocycles. The number of rotatable bonds is 7. The highest BCUT2D eigenvalue weighted by molar-refractivity contribution is 7.92. The van der Waals surface area contributed by atoms with Gasteiger partial charge in [-0.15, -0.1) is 0 Å². The summed E-state index contributed by atoms with van der Waals surface area (Å²) in [5, 5.41) is 3.09. The summed E-state index contributed by atoms with van der Waals surface area (Å²) >= 11 is 0. The lowest BCUT2D eigenvalue weighted by molar-refractivity contribution is 0.582. The maximum absolute atomic E-state index is 11.8. The van der Waals surface area contributed by atoms with Crippen LogP contribution in [-0.4, -0.2) is 40.9 Å². The molecule has 0 saturated carbocycles. The summed E-state index contributed by atoms with van der Waals surface area (Å²) < 4.78 is 26.2. The van der Waals surface area contributed by atoms with Gasteiger partial charge < -0.3 is 10.2 Å². The van der Waals surface area contributed by atoms with Gasteiger partial charge in [0.2, 0.25) is 10.0 Å². The minimum absolute atomic E-state index is 0.0701. The summed E-state index contributed by atoms with van der Waals surface area (Å²) in [5.74, 6) is 0.0701. The van der Waals surface area contributed by atoms with Crippen molar-refractivity contribution in [3.8, 4) is 0 Å². The molecule has 0 spiro atoms. The van der Waals surface area contributed by atoms with Gasteiger partial charge in [-0.2, -0.15) is 0 Å². The molecule has 0 amide bonds. The van der Waals surface area contributed by atoms with E-state index in [1.807, 2.05) is 45.0 Å². The number of nitrogens with one attached hydrogen (secondary N) is 2. The van der Waals surface area contributed by atoms with Crippen LogP contribution in [0.1, 0.15) is 13.8 Å². The van der Waals surface area contributed by atoms with Crippen LogP contribution in [0.15, 0.2) is 24.3 Å². The monoisotopic (exact) mass is 285 g/mol. The molecule has 1 rings (SSSR count). The standard InChI is InChI=1S/C13H23N3O2S/c1-11(2)14-9-10-19(17,18)15-12-5-7-13(8-6-12)16(3)4/h5-8,11,14-15H,9-10H2,1-4H3. The fourth-order valence-corrected chi connectivity index (χ4v) is 2.52. The van der Waals surface area contributed by atoms with Crippen LogP contribution in [0.5, 0.6) is 0 Å². The Bertz CT molecular complexity index is 481. The minimum Gasteiger partial charge on any atom is -0.378 e. The van der Waals surface area contributed by atoms with Gasteiger partial charge in [0.05, 0.1) is 5.75 Å². The maximum atomic E-state index is 11.8. The van der Waals surface area contributed by atoms with Gasteiger partial charge in [-0.1, -0.05) is 13.8 Å². The highest BCUT2D eigenvalue weighted by atomic mass is 32.2. The number of hydrogen-bond donors (Lipinski definition) is 2. The Labute approximate surface area is 116 Å². The number of sulfonamides is 1. The zero-order valence-corrected chi connectivity index (χ0v) is 12.8. The van der Waals surface area contributed by atoms with Crippen molar-refractivity contribution < 1.29 is 8.42 Å². The molecule has 6 heteroatoms. The van der Waals surface area contributed by atoms with Crippen molar-refractivity contribution in [2.75, 3.05) is 36.0 Å². The lowest BCUT2D eigenvalue weighted by Crippen LogP contribution is -2.30. The van der Waals surface area contributed by atoms with Gasteiger partial charge in [-0.05, 0) is 24.3 Å². The third-order valence-corrected chi connectivity index (χ3v) is 3.87. The SMILES string of the molecule is CC(C)NCCS(=O)(=O)Nc1ccc(N(C)C)cc1. The Morgan fingerprint density at radius 1 is 1.16 bits per heavy atom. The smallest absolute Gasteiger partial charge is 0.233 e. The van der Waals surface area contributed by atoms with Gasteiger partial charge in [0.25, 0.3) is 0 Å². The Morgan fingerprint density at radius 2 is 1.74 bits per heavy atom. The van der Waals surface area contributed by atoms with E-state index in [0.29, 0.717) is 12.2 Å². The molecule has 0 aliphatic rings. The molecule has 2 N–H and O–H groups in total. The van der Waals surface area contributed by atoms with Crippen molar-refractivity contribution in [1.82, 2.24) is 5.32 Å². The van der Waals surface area contributed by atoms with Crippen LogP contribution in [-0.2, 0) is 10.0 Å². The van der Waals surface area contributed by atoms with Crippen LogP contribution in [0.2, 0.25) is 0 Å². The van der Waals surface area contributed by atoms with E-state index in [-0.39, 0.29) is 11.8 Å². The predicted molar refractivity (Wildman–Crippen MR) is 81.3 cm³/mol. The summed E-state index contributed by atoms with van der Waals surface area (Å²) in [6, 6.07) is 7.58. The topological polar surface area (TPSA) is 61.4 Å². The highest BCUT2D eigenvalue weighted by Crippen LogP contribution is 2.16. The molecule has 0 aliphatic heterocycles. The van der Waals surface area contributed by atoms with Gasteiger partial charge in [0.15, 0.2) is 0 Å². The van der Waals surface area contributed by atoms with E-state index in [1.54, 1.807) is 12.1 Å². The summed E-state index contributed by atoms with van der Waals surface area (Å²) in [6.45, 7) is 4.42. The second-order valence-electron chi connectivity index (χ2n) is 4.97. The van der Waals surface area contributed by atoms with Crippen molar-refractivity contribution >= 4 is 21.4 Å².